The Morgan fingerprint density at radius 1 is 1.14 bits per heavy atom. The first-order valence-electron chi connectivity index (χ1n) is 10.2. The Morgan fingerprint density at radius 2 is 1.93 bits per heavy atom. The Balaban J connectivity index is 1.42. The third-order valence-electron chi connectivity index (χ3n) is 6.65. The molecule has 2 unspecified atom stereocenters. The molecule has 1 spiro atoms. The van der Waals surface area contributed by atoms with E-state index >= 15 is 0 Å². The molecule has 3 heterocycles. The van der Waals surface area contributed by atoms with Crippen LogP contribution in [0.2, 0.25) is 0 Å². The van der Waals surface area contributed by atoms with Crippen LogP contribution in [0.5, 0.6) is 0 Å². The molecule has 3 N–H and O–H groups in total. The predicted molar refractivity (Wildman–Crippen MR) is 103 cm³/mol. The van der Waals surface area contributed by atoms with E-state index in [0.29, 0.717) is 23.1 Å². The number of nitrogens with zero attached hydrogens (tertiary/aromatic N) is 2. The fraction of sp³-hybridized carbons (Fsp3) is 0.524. The molecule has 4 amide bonds. The molecule has 29 heavy (non-hydrogen) atoms. The normalized spacial score (nSPS) is 28.7. The fourth-order valence-electron chi connectivity index (χ4n) is 5.17. The maximum atomic E-state index is 13.2. The number of nitrogens with one attached hydrogen (secondary N) is 1. The lowest BCUT2D eigenvalue weighted by Crippen LogP contribution is -2.54. The van der Waals surface area contributed by atoms with Gasteiger partial charge >= 0.3 is 0 Å². The second-order valence-electron chi connectivity index (χ2n) is 8.92. The Kier molecular flexibility index (Phi) is 4.11. The molecule has 4 aliphatic rings. The number of nitrogens with two attached hydrogens (primary N) is 1. The van der Waals surface area contributed by atoms with Crippen molar-refractivity contribution in [3.63, 3.8) is 0 Å². The molecule has 3 fully saturated rings. The number of fused-ring (bicyclic) bond motifs is 1. The van der Waals surface area contributed by atoms with Crippen molar-refractivity contribution in [2.75, 3.05) is 13.1 Å². The second-order valence-corrected chi connectivity index (χ2v) is 8.92. The first-order chi connectivity index (χ1) is 13.9. The van der Waals surface area contributed by atoms with E-state index in [0.717, 1.165) is 30.0 Å². The van der Waals surface area contributed by atoms with Gasteiger partial charge in [0.05, 0.1) is 11.1 Å². The average molecular weight is 396 g/mol. The van der Waals surface area contributed by atoms with E-state index in [2.05, 4.69) is 10.2 Å². The lowest BCUT2D eigenvalue weighted by atomic mass is 9.91. The van der Waals surface area contributed by atoms with Crippen LogP contribution >= 0.6 is 0 Å². The van der Waals surface area contributed by atoms with E-state index in [1.165, 1.54) is 12.8 Å². The minimum Gasteiger partial charge on any atom is -0.327 e. The molecule has 0 radical (unpaired) electrons. The van der Waals surface area contributed by atoms with Crippen LogP contribution in [0.4, 0.5) is 0 Å². The van der Waals surface area contributed by atoms with Crippen molar-refractivity contribution < 1.29 is 19.2 Å². The molecule has 2 atom stereocenters. The van der Waals surface area contributed by atoms with Gasteiger partial charge in [0.25, 0.3) is 11.8 Å². The summed E-state index contributed by atoms with van der Waals surface area (Å²) in [6, 6.07) is 4.48. The topological polar surface area (TPSA) is 113 Å². The number of hydrogen-bond acceptors (Lipinski definition) is 6. The highest BCUT2D eigenvalue weighted by Crippen LogP contribution is 2.52. The molecule has 2 saturated heterocycles. The van der Waals surface area contributed by atoms with Gasteiger partial charge in [-0.2, -0.15) is 0 Å². The van der Waals surface area contributed by atoms with Crippen LogP contribution in [0, 0.1) is 5.41 Å². The Labute approximate surface area is 168 Å². The first-order valence-corrected chi connectivity index (χ1v) is 10.2. The number of carbonyl (C=O) groups excluding carboxylic acids is 4. The quantitative estimate of drug-likeness (QED) is 0.715. The number of rotatable bonds is 3. The van der Waals surface area contributed by atoms with Crippen LogP contribution < -0.4 is 11.1 Å². The smallest absolute Gasteiger partial charge is 0.262 e. The van der Waals surface area contributed by atoms with E-state index in [9.17, 15) is 19.2 Å². The zero-order valence-electron chi connectivity index (χ0n) is 16.1. The van der Waals surface area contributed by atoms with Crippen molar-refractivity contribution in [3.05, 3.63) is 34.9 Å². The van der Waals surface area contributed by atoms with E-state index in [-0.39, 0.29) is 24.8 Å². The molecule has 8 nitrogen and oxygen atoms in total. The third kappa shape index (κ3) is 3.07. The van der Waals surface area contributed by atoms with Gasteiger partial charge in [-0.15, -0.1) is 0 Å². The van der Waals surface area contributed by atoms with Crippen LogP contribution in [0.25, 0.3) is 0 Å². The van der Waals surface area contributed by atoms with Crippen LogP contribution in [0.3, 0.4) is 0 Å². The lowest BCUT2D eigenvalue weighted by Gasteiger charge is -2.37. The molecule has 3 aliphatic heterocycles. The van der Waals surface area contributed by atoms with E-state index in [1.54, 1.807) is 12.1 Å². The largest absolute Gasteiger partial charge is 0.327 e. The Morgan fingerprint density at radius 3 is 2.66 bits per heavy atom. The Hall–Kier alpha value is -2.58. The van der Waals surface area contributed by atoms with Crippen molar-refractivity contribution in [2.45, 2.75) is 50.7 Å². The number of likely N-dealkylation sites (tertiary alicyclic amines) is 1. The van der Waals surface area contributed by atoms with E-state index in [1.807, 2.05) is 6.07 Å². The van der Waals surface area contributed by atoms with Gasteiger partial charge in [0.15, 0.2) is 0 Å². The van der Waals surface area contributed by atoms with E-state index in [4.69, 9.17) is 5.73 Å². The van der Waals surface area contributed by atoms with Crippen LogP contribution in [0.15, 0.2) is 18.2 Å². The number of imide groups is 2. The number of amides is 4. The average Bonchev–Trinajstić information content (AvgIpc) is 3.34. The molecular weight excluding hydrogens is 372 g/mol. The van der Waals surface area contributed by atoms with Gasteiger partial charge in [-0.1, -0.05) is 12.1 Å². The first kappa shape index (κ1) is 18.4. The van der Waals surface area contributed by atoms with Crippen molar-refractivity contribution in [2.24, 2.45) is 11.1 Å². The molecule has 1 saturated carbocycles. The minimum absolute atomic E-state index is 0.115. The summed E-state index contributed by atoms with van der Waals surface area (Å²) in [6.07, 6.45) is 3.73. The van der Waals surface area contributed by atoms with Gasteiger partial charge in [-0.3, -0.25) is 34.3 Å². The zero-order chi connectivity index (χ0) is 20.3. The summed E-state index contributed by atoms with van der Waals surface area (Å²) in [6.45, 7) is 2.29. The summed E-state index contributed by atoms with van der Waals surface area (Å²) in [5, 5.41) is 2.23. The number of hydrogen-bond donors (Lipinski definition) is 2. The van der Waals surface area contributed by atoms with Gasteiger partial charge in [0.1, 0.15) is 6.04 Å². The summed E-state index contributed by atoms with van der Waals surface area (Å²) in [4.78, 5) is 53.1. The maximum Gasteiger partial charge on any atom is 0.262 e. The SMILES string of the molecule is NC1CN(Cc2cccc3c2C(=O)N(C2CCC(=O)NC2=O)C3=O)CC2(CC2)C1. The van der Waals surface area contributed by atoms with Gasteiger partial charge in [-0.25, -0.2) is 0 Å². The lowest BCUT2D eigenvalue weighted by molar-refractivity contribution is -0.136. The molecule has 1 aromatic rings. The summed E-state index contributed by atoms with van der Waals surface area (Å²) in [5.74, 6) is -1.87. The monoisotopic (exact) mass is 396 g/mol. The molecule has 1 aliphatic carbocycles. The van der Waals surface area contributed by atoms with Gasteiger partial charge in [0.2, 0.25) is 11.8 Å². The third-order valence-corrected chi connectivity index (χ3v) is 6.65. The number of benzene rings is 1. The highest BCUT2D eigenvalue weighted by molar-refractivity contribution is 6.24. The summed E-state index contributed by atoms with van der Waals surface area (Å²) in [5.41, 5.74) is 8.09. The summed E-state index contributed by atoms with van der Waals surface area (Å²) < 4.78 is 0. The summed E-state index contributed by atoms with van der Waals surface area (Å²) in [7, 11) is 0. The minimum atomic E-state index is -0.939. The Bertz CT molecular complexity index is 939. The van der Waals surface area contributed by atoms with Crippen molar-refractivity contribution >= 4 is 23.6 Å². The van der Waals surface area contributed by atoms with Crippen LogP contribution in [0.1, 0.15) is 58.4 Å². The molecule has 0 aromatic heterocycles. The molecule has 8 heteroatoms. The maximum absolute atomic E-state index is 13.2. The highest BCUT2D eigenvalue weighted by Gasteiger charge is 2.49. The summed E-state index contributed by atoms with van der Waals surface area (Å²) >= 11 is 0. The second kappa shape index (κ2) is 6.47. The number of carbonyl (C=O) groups is 4. The molecule has 5 rings (SSSR count). The van der Waals surface area contributed by atoms with Gasteiger partial charge in [0, 0.05) is 32.1 Å². The standard InChI is InChI=1S/C21H24N4O4/c22-13-8-21(6-7-21)11-24(10-13)9-12-2-1-3-14-17(12)20(29)25(19(14)28)15-4-5-16(26)23-18(15)27/h1-3,13,15H,4-11,22H2,(H,23,26,27). The van der Waals surface area contributed by atoms with Crippen molar-refractivity contribution in [1.82, 2.24) is 15.1 Å². The van der Waals surface area contributed by atoms with E-state index < -0.39 is 23.8 Å². The number of piperidine rings is 2. The molecule has 0 bridgehead atoms. The van der Waals surface area contributed by atoms with Crippen molar-refractivity contribution in [1.29, 1.82) is 0 Å². The fourth-order valence-corrected chi connectivity index (χ4v) is 5.17. The van der Waals surface area contributed by atoms with Gasteiger partial charge in [-0.05, 0) is 42.7 Å². The zero-order valence-corrected chi connectivity index (χ0v) is 16.1. The van der Waals surface area contributed by atoms with Crippen molar-refractivity contribution in [3.8, 4) is 0 Å². The predicted octanol–water partition coefficient (Wildman–Crippen LogP) is 0.401. The highest BCUT2D eigenvalue weighted by atomic mass is 16.2. The van der Waals surface area contributed by atoms with Crippen LogP contribution in [-0.2, 0) is 16.1 Å². The molecule has 1 aromatic carbocycles. The van der Waals surface area contributed by atoms with Gasteiger partial charge < -0.3 is 5.73 Å². The van der Waals surface area contributed by atoms with Crippen LogP contribution in [-0.4, -0.2) is 58.6 Å². The molecular formula is C21H24N4O4. The molecule has 152 valence electrons.